The zero-order valence-electron chi connectivity index (χ0n) is 10.1. The van der Waals surface area contributed by atoms with Crippen molar-refractivity contribution in [3.63, 3.8) is 0 Å². The fourth-order valence-electron chi connectivity index (χ4n) is 2.06. The van der Waals surface area contributed by atoms with Crippen LogP contribution in [0.4, 0.5) is 5.82 Å². The predicted molar refractivity (Wildman–Crippen MR) is 69.4 cm³/mol. The standard InChI is InChI=1S/C12H16ClN3O2/c1-7-2-3-16(6-9(7)17)12(18)8-4-10(13)15-11(14)5-8/h4-5,7,9,17H,2-3,6H2,1H3,(H2,14,15). The van der Waals surface area contributed by atoms with Crippen LogP contribution in [0.5, 0.6) is 0 Å². The first-order valence-corrected chi connectivity index (χ1v) is 6.25. The van der Waals surface area contributed by atoms with Gasteiger partial charge >= 0.3 is 0 Å². The van der Waals surface area contributed by atoms with Gasteiger partial charge in [-0.25, -0.2) is 4.98 Å². The van der Waals surface area contributed by atoms with Crippen molar-refractivity contribution in [1.82, 2.24) is 9.88 Å². The molecule has 1 aromatic heterocycles. The van der Waals surface area contributed by atoms with Crippen molar-refractivity contribution in [3.8, 4) is 0 Å². The van der Waals surface area contributed by atoms with E-state index in [0.29, 0.717) is 18.7 Å². The van der Waals surface area contributed by atoms with Crippen molar-refractivity contribution >= 4 is 23.3 Å². The number of hydrogen-bond donors (Lipinski definition) is 2. The van der Waals surface area contributed by atoms with E-state index >= 15 is 0 Å². The number of hydrogen-bond acceptors (Lipinski definition) is 4. The van der Waals surface area contributed by atoms with E-state index in [9.17, 15) is 9.90 Å². The molecule has 2 heterocycles. The summed E-state index contributed by atoms with van der Waals surface area (Å²) in [5.41, 5.74) is 5.97. The molecule has 1 saturated heterocycles. The SMILES string of the molecule is CC1CCN(C(=O)c2cc(N)nc(Cl)c2)CC1O. The molecule has 0 spiro atoms. The number of aromatic nitrogens is 1. The molecule has 3 N–H and O–H groups in total. The van der Waals surface area contributed by atoms with E-state index in [2.05, 4.69) is 4.98 Å². The van der Waals surface area contributed by atoms with Crippen molar-refractivity contribution < 1.29 is 9.90 Å². The van der Waals surface area contributed by atoms with E-state index < -0.39 is 6.10 Å². The third-order valence-electron chi connectivity index (χ3n) is 3.27. The number of nitrogen functional groups attached to an aromatic ring is 1. The van der Waals surface area contributed by atoms with Gasteiger partial charge in [-0.2, -0.15) is 0 Å². The van der Waals surface area contributed by atoms with Gasteiger partial charge < -0.3 is 15.7 Å². The average molecular weight is 270 g/mol. The number of amides is 1. The molecular formula is C12H16ClN3O2. The second kappa shape index (κ2) is 5.12. The van der Waals surface area contributed by atoms with Crippen LogP contribution in [0.2, 0.25) is 5.15 Å². The summed E-state index contributed by atoms with van der Waals surface area (Å²) in [5, 5.41) is 9.99. The van der Waals surface area contributed by atoms with Crippen molar-refractivity contribution in [3.05, 3.63) is 22.8 Å². The molecule has 1 aromatic rings. The molecule has 1 fully saturated rings. The minimum atomic E-state index is -0.475. The van der Waals surface area contributed by atoms with Gasteiger partial charge in [-0.05, 0) is 24.5 Å². The van der Waals surface area contributed by atoms with E-state index in [1.807, 2.05) is 6.92 Å². The number of anilines is 1. The zero-order valence-corrected chi connectivity index (χ0v) is 10.9. The quantitative estimate of drug-likeness (QED) is 0.750. The highest BCUT2D eigenvalue weighted by Crippen LogP contribution is 2.20. The summed E-state index contributed by atoms with van der Waals surface area (Å²) in [7, 11) is 0. The van der Waals surface area contributed by atoms with Gasteiger partial charge in [-0.15, -0.1) is 0 Å². The molecule has 5 nitrogen and oxygen atoms in total. The normalized spacial score (nSPS) is 24.1. The van der Waals surface area contributed by atoms with Crippen molar-refractivity contribution in [2.45, 2.75) is 19.4 Å². The Labute approximate surface area is 111 Å². The molecule has 2 unspecified atom stereocenters. The topological polar surface area (TPSA) is 79.5 Å². The highest BCUT2D eigenvalue weighted by molar-refractivity contribution is 6.29. The maximum atomic E-state index is 12.2. The molecule has 98 valence electrons. The summed E-state index contributed by atoms with van der Waals surface area (Å²) >= 11 is 5.77. The lowest BCUT2D eigenvalue weighted by molar-refractivity contribution is 0.0248. The van der Waals surface area contributed by atoms with Crippen LogP contribution in [0.15, 0.2) is 12.1 Å². The van der Waals surface area contributed by atoms with Crippen LogP contribution < -0.4 is 5.73 Å². The highest BCUT2D eigenvalue weighted by atomic mass is 35.5. The number of β-amino-alcohol motifs (C(OH)–C–C–N with tert-alkyl or cyclic N) is 1. The second-order valence-corrected chi connectivity index (χ2v) is 5.08. The number of aliphatic hydroxyl groups excluding tert-OH is 1. The van der Waals surface area contributed by atoms with Gasteiger partial charge in [-0.3, -0.25) is 4.79 Å². The molecule has 1 aliphatic rings. The molecule has 2 rings (SSSR count). The fourth-order valence-corrected chi connectivity index (χ4v) is 2.27. The number of piperidine rings is 1. The van der Waals surface area contributed by atoms with Gasteiger partial charge in [0.25, 0.3) is 5.91 Å². The molecule has 18 heavy (non-hydrogen) atoms. The van der Waals surface area contributed by atoms with Crippen LogP contribution in [0.1, 0.15) is 23.7 Å². The van der Waals surface area contributed by atoms with E-state index in [1.54, 1.807) is 4.90 Å². The number of likely N-dealkylation sites (tertiary alicyclic amines) is 1. The highest BCUT2D eigenvalue weighted by Gasteiger charge is 2.28. The Bertz CT molecular complexity index is 446. The van der Waals surface area contributed by atoms with Crippen molar-refractivity contribution in [2.75, 3.05) is 18.8 Å². The Balaban J connectivity index is 2.16. The van der Waals surface area contributed by atoms with E-state index in [0.717, 1.165) is 6.42 Å². The number of pyridine rings is 1. The summed E-state index contributed by atoms with van der Waals surface area (Å²) in [6.07, 6.45) is 0.318. The average Bonchev–Trinajstić information content (AvgIpc) is 2.30. The smallest absolute Gasteiger partial charge is 0.254 e. The van der Waals surface area contributed by atoms with Gasteiger partial charge in [-0.1, -0.05) is 18.5 Å². The number of carbonyl (C=O) groups excluding carboxylic acids is 1. The summed E-state index contributed by atoms with van der Waals surface area (Å²) in [4.78, 5) is 17.7. The van der Waals surface area contributed by atoms with Crippen molar-refractivity contribution in [2.24, 2.45) is 5.92 Å². The van der Waals surface area contributed by atoms with Gasteiger partial charge in [0.1, 0.15) is 11.0 Å². The molecule has 0 radical (unpaired) electrons. The summed E-state index contributed by atoms with van der Waals surface area (Å²) in [5.74, 6) is 0.272. The number of halogens is 1. The summed E-state index contributed by atoms with van der Waals surface area (Å²) in [6, 6.07) is 2.99. The number of nitrogens with zero attached hydrogens (tertiary/aromatic N) is 2. The van der Waals surface area contributed by atoms with Crippen LogP contribution in [-0.4, -0.2) is 40.1 Å². The molecule has 1 aliphatic heterocycles. The van der Waals surface area contributed by atoms with E-state index in [1.165, 1.54) is 12.1 Å². The van der Waals surface area contributed by atoms with E-state index in [-0.39, 0.29) is 22.8 Å². The van der Waals surface area contributed by atoms with E-state index in [4.69, 9.17) is 17.3 Å². The lowest BCUT2D eigenvalue weighted by Gasteiger charge is -2.34. The monoisotopic (exact) mass is 269 g/mol. The fraction of sp³-hybridized carbons (Fsp3) is 0.500. The molecule has 0 saturated carbocycles. The molecule has 1 amide bonds. The largest absolute Gasteiger partial charge is 0.391 e. The van der Waals surface area contributed by atoms with Crippen LogP contribution in [0, 0.1) is 5.92 Å². The molecule has 0 aliphatic carbocycles. The number of carbonyl (C=O) groups is 1. The van der Waals surface area contributed by atoms with Crippen LogP contribution >= 0.6 is 11.6 Å². The number of nitrogens with two attached hydrogens (primary N) is 1. The van der Waals surface area contributed by atoms with Gasteiger partial charge in [0, 0.05) is 18.7 Å². The number of rotatable bonds is 1. The Morgan fingerprint density at radius 1 is 1.61 bits per heavy atom. The second-order valence-electron chi connectivity index (χ2n) is 4.69. The third kappa shape index (κ3) is 2.73. The number of aliphatic hydroxyl groups is 1. The Morgan fingerprint density at radius 2 is 2.33 bits per heavy atom. The lowest BCUT2D eigenvalue weighted by Crippen LogP contribution is -2.45. The molecule has 6 heteroatoms. The Kier molecular flexibility index (Phi) is 3.73. The van der Waals surface area contributed by atoms with Gasteiger partial charge in [0.15, 0.2) is 0 Å². The van der Waals surface area contributed by atoms with Gasteiger partial charge in [0.2, 0.25) is 0 Å². The first-order valence-electron chi connectivity index (χ1n) is 5.88. The predicted octanol–water partition coefficient (Wildman–Crippen LogP) is 1.16. The summed E-state index contributed by atoms with van der Waals surface area (Å²) in [6.45, 7) is 2.96. The lowest BCUT2D eigenvalue weighted by atomic mass is 9.95. The van der Waals surface area contributed by atoms with Gasteiger partial charge in [0.05, 0.1) is 6.10 Å². The minimum absolute atomic E-state index is 0.169. The van der Waals surface area contributed by atoms with Crippen molar-refractivity contribution in [1.29, 1.82) is 0 Å². The first kappa shape index (κ1) is 13.1. The van der Waals surface area contributed by atoms with Crippen LogP contribution in [0.25, 0.3) is 0 Å². The third-order valence-corrected chi connectivity index (χ3v) is 3.46. The Morgan fingerprint density at radius 3 is 2.94 bits per heavy atom. The zero-order chi connectivity index (χ0) is 13.3. The molecule has 2 atom stereocenters. The molecule has 0 bridgehead atoms. The Hall–Kier alpha value is -1.33. The maximum absolute atomic E-state index is 12.2. The minimum Gasteiger partial charge on any atom is -0.391 e. The molecular weight excluding hydrogens is 254 g/mol. The molecule has 0 aromatic carbocycles. The summed E-state index contributed by atoms with van der Waals surface area (Å²) < 4.78 is 0. The van der Waals surface area contributed by atoms with Crippen LogP contribution in [-0.2, 0) is 0 Å². The first-order chi connectivity index (χ1) is 8.47. The maximum Gasteiger partial charge on any atom is 0.254 e. The van der Waals surface area contributed by atoms with Crippen LogP contribution in [0.3, 0.4) is 0 Å².